The number of amides is 2. The molecule has 0 saturated carbocycles. The predicted molar refractivity (Wildman–Crippen MR) is 96.2 cm³/mol. The Kier molecular flexibility index (Phi) is 5.18. The second-order valence-corrected chi connectivity index (χ2v) is 7.12. The molecule has 3 atom stereocenters. The predicted octanol–water partition coefficient (Wildman–Crippen LogP) is 2.31. The molecule has 0 saturated heterocycles. The summed E-state index contributed by atoms with van der Waals surface area (Å²) in [5, 5.41) is 20.2. The molecule has 1 aromatic carbocycles. The molecule has 2 amide bonds. The lowest BCUT2D eigenvalue weighted by atomic mass is 10.1. The van der Waals surface area contributed by atoms with Gasteiger partial charge in [0.1, 0.15) is 0 Å². The number of nitrogens with one attached hydrogen (secondary N) is 2. The van der Waals surface area contributed by atoms with Gasteiger partial charge in [0.15, 0.2) is 0 Å². The number of likely N-dealkylation sites (N-methyl/N-ethyl adjacent to an activating group) is 1. The lowest BCUT2D eigenvalue weighted by Gasteiger charge is -2.25. The van der Waals surface area contributed by atoms with Crippen LogP contribution in [0.15, 0.2) is 41.1 Å². The quantitative estimate of drug-likeness (QED) is 0.779. The maximum Gasteiger partial charge on any atom is 0.315 e. The van der Waals surface area contributed by atoms with Gasteiger partial charge in [0.25, 0.3) is 0 Å². The zero-order chi connectivity index (χ0) is 17.1. The third-order valence-electron chi connectivity index (χ3n) is 4.50. The zero-order valence-corrected chi connectivity index (χ0v) is 14.7. The Morgan fingerprint density at radius 3 is 2.88 bits per heavy atom. The number of urea groups is 1. The molecule has 0 aliphatic heterocycles. The molecule has 6 heteroatoms. The number of rotatable bonds is 5. The standard InChI is InChI=1S/C18H23N3O2S/c1-21(2)15(13-7-8-24-11-13)10-19-18(23)20-17-14-6-4-3-5-12(14)9-16(17)22/h3-8,11,15-17,22H,9-10H2,1-2H3,(H2,19,20,23)/t15?,16-,17+/m0/s1. The van der Waals surface area contributed by atoms with E-state index in [4.69, 9.17) is 0 Å². The van der Waals surface area contributed by atoms with Gasteiger partial charge in [-0.25, -0.2) is 4.79 Å². The molecule has 24 heavy (non-hydrogen) atoms. The van der Waals surface area contributed by atoms with Crippen molar-refractivity contribution in [3.63, 3.8) is 0 Å². The van der Waals surface area contributed by atoms with Crippen LogP contribution in [-0.2, 0) is 6.42 Å². The molecule has 1 unspecified atom stereocenters. The van der Waals surface area contributed by atoms with E-state index in [1.165, 1.54) is 5.56 Å². The van der Waals surface area contributed by atoms with E-state index >= 15 is 0 Å². The Bertz CT molecular complexity index is 687. The van der Waals surface area contributed by atoms with E-state index in [1.54, 1.807) is 11.3 Å². The molecule has 0 fully saturated rings. The maximum atomic E-state index is 12.3. The molecule has 5 nitrogen and oxygen atoms in total. The minimum Gasteiger partial charge on any atom is -0.390 e. The zero-order valence-electron chi connectivity index (χ0n) is 13.9. The summed E-state index contributed by atoms with van der Waals surface area (Å²) in [6, 6.07) is 9.45. The summed E-state index contributed by atoms with van der Waals surface area (Å²) in [4.78, 5) is 14.4. The highest BCUT2D eigenvalue weighted by molar-refractivity contribution is 7.07. The second-order valence-electron chi connectivity index (χ2n) is 6.34. The van der Waals surface area contributed by atoms with Crippen molar-refractivity contribution in [3.8, 4) is 0 Å². The van der Waals surface area contributed by atoms with Gasteiger partial charge in [-0.05, 0) is 47.6 Å². The minimum atomic E-state index is -0.574. The summed E-state index contributed by atoms with van der Waals surface area (Å²) >= 11 is 1.65. The van der Waals surface area contributed by atoms with Crippen LogP contribution in [0.4, 0.5) is 4.79 Å². The molecule has 1 heterocycles. The Balaban J connectivity index is 1.60. The number of carbonyl (C=O) groups excluding carboxylic acids is 1. The van der Waals surface area contributed by atoms with Crippen LogP contribution in [0, 0.1) is 0 Å². The lowest BCUT2D eigenvalue weighted by Crippen LogP contribution is -2.43. The Labute approximate surface area is 146 Å². The highest BCUT2D eigenvalue weighted by Gasteiger charge is 2.31. The van der Waals surface area contributed by atoms with E-state index in [0.29, 0.717) is 13.0 Å². The van der Waals surface area contributed by atoms with Gasteiger partial charge in [-0.2, -0.15) is 11.3 Å². The monoisotopic (exact) mass is 345 g/mol. The molecule has 1 aliphatic rings. The van der Waals surface area contributed by atoms with E-state index in [1.807, 2.05) is 43.7 Å². The first kappa shape index (κ1) is 17.0. The SMILES string of the molecule is CN(C)C(CNC(=O)N[C@@H]1c2ccccc2C[C@@H]1O)c1ccsc1. The number of aliphatic hydroxyl groups is 1. The maximum absolute atomic E-state index is 12.3. The van der Waals surface area contributed by atoms with E-state index in [2.05, 4.69) is 27.0 Å². The number of hydrogen-bond acceptors (Lipinski definition) is 4. The smallest absolute Gasteiger partial charge is 0.315 e. The fourth-order valence-electron chi connectivity index (χ4n) is 3.19. The number of nitrogens with zero attached hydrogens (tertiary/aromatic N) is 1. The van der Waals surface area contributed by atoms with Gasteiger partial charge in [-0.15, -0.1) is 0 Å². The van der Waals surface area contributed by atoms with Crippen LogP contribution < -0.4 is 10.6 Å². The van der Waals surface area contributed by atoms with E-state index in [9.17, 15) is 9.90 Å². The second kappa shape index (κ2) is 7.34. The Morgan fingerprint density at radius 1 is 1.38 bits per heavy atom. The van der Waals surface area contributed by atoms with Gasteiger partial charge in [-0.1, -0.05) is 24.3 Å². The number of benzene rings is 1. The van der Waals surface area contributed by atoms with Crippen LogP contribution in [0.3, 0.4) is 0 Å². The fraction of sp³-hybridized carbons (Fsp3) is 0.389. The third kappa shape index (κ3) is 3.61. The summed E-state index contributed by atoms with van der Waals surface area (Å²) in [6.07, 6.45) is 0.00533. The lowest BCUT2D eigenvalue weighted by molar-refractivity contribution is 0.142. The van der Waals surface area contributed by atoms with E-state index < -0.39 is 6.10 Å². The van der Waals surface area contributed by atoms with Crippen LogP contribution in [0.25, 0.3) is 0 Å². The first-order valence-electron chi connectivity index (χ1n) is 8.05. The van der Waals surface area contributed by atoms with Crippen molar-refractivity contribution >= 4 is 17.4 Å². The number of aliphatic hydroxyl groups excluding tert-OH is 1. The average molecular weight is 345 g/mol. The Morgan fingerprint density at radius 2 is 2.17 bits per heavy atom. The van der Waals surface area contributed by atoms with Crippen molar-refractivity contribution in [2.75, 3.05) is 20.6 Å². The molecule has 3 N–H and O–H groups in total. The topological polar surface area (TPSA) is 64.6 Å². The van der Waals surface area contributed by atoms with Crippen LogP contribution in [0.5, 0.6) is 0 Å². The first-order chi connectivity index (χ1) is 11.6. The molecule has 0 radical (unpaired) electrons. The molecule has 1 aliphatic carbocycles. The van der Waals surface area contributed by atoms with Gasteiger partial charge < -0.3 is 20.6 Å². The van der Waals surface area contributed by atoms with E-state index in [-0.39, 0.29) is 18.1 Å². The van der Waals surface area contributed by atoms with Crippen LogP contribution in [0.1, 0.15) is 28.8 Å². The van der Waals surface area contributed by atoms with Crippen molar-refractivity contribution in [2.24, 2.45) is 0 Å². The van der Waals surface area contributed by atoms with Crippen LogP contribution >= 0.6 is 11.3 Å². The number of fused-ring (bicyclic) bond motifs is 1. The van der Waals surface area contributed by atoms with Gasteiger partial charge in [0.05, 0.1) is 18.2 Å². The molecule has 0 spiro atoms. The molecular formula is C18H23N3O2S. The summed E-state index contributed by atoms with van der Waals surface area (Å²) in [6.45, 7) is 0.514. The normalized spacial score (nSPS) is 20.7. The van der Waals surface area contributed by atoms with Crippen LogP contribution in [0.2, 0.25) is 0 Å². The van der Waals surface area contributed by atoms with Crippen molar-refractivity contribution in [2.45, 2.75) is 24.6 Å². The number of thiophene rings is 1. The third-order valence-corrected chi connectivity index (χ3v) is 5.20. The van der Waals surface area contributed by atoms with Crippen LogP contribution in [-0.4, -0.2) is 42.8 Å². The van der Waals surface area contributed by atoms with Gasteiger partial charge in [-0.3, -0.25) is 0 Å². The Hall–Kier alpha value is -1.89. The number of hydrogen-bond donors (Lipinski definition) is 3. The first-order valence-corrected chi connectivity index (χ1v) is 8.99. The van der Waals surface area contributed by atoms with Crippen molar-refractivity contribution in [1.82, 2.24) is 15.5 Å². The largest absolute Gasteiger partial charge is 0.390 e. The summed E-state index contributed by atoms with van der Waals surface area (Å²) in [5.74, 6) is 0. The fourth-order valence-corrected chi connectivity index (χ4v) is 3.90. The summed E-state index contributed by atoms with van der Waals surface area (Å²) in [5.41, 5.74) is 3.29. The van der Waals surface area contributed by atoms with Crippen molar-refractivity contribution in [3.05, 3.63) is 57.8 Å². The van der Waals surface area contributed by atoms with Crippen molar-refractivity contribution < 1.29 is 9.90 Å². The molecule has 2 aromatic rings. The highest BCUT2D eigenvalue weighted by atomic mass is 32.1. The van der Waals surface area contributed by atoms with Gasteiger partial charge in [0.2, 0.25) is 0 Å². The number of carbonyl (C=O) groups is 1. The van der Waals surface area contributed by atoms with Gasteiger partial charge in [0, 0.05) is 13.0 Å². The molecule has 128 valence electrons. The summed E-state index contributed by atoms with van der Waals surface area (Å²) in [7, 11) is 4.00. The molecule has 1 aromatic heterocycles. The minimum absolute atomic E-state index is 0.128. The highest BCUT2D eigenvalue weighted by Crippen LogP contribution is 2.31. The molecule has 3 rings (SSSR count). The van der Waals surface area contributed by atoms with Crippen molar-refractivity contribution in [1.29, 1.82) is 0 Å². The average Bonchev–Trinajstić information content (AvgIpc) is 3.16. The van der Waals surface area contributed by atoms with Gasteiger partial charge >= 0.3 is 6.03 Å². The molecular weight excluding hydrogens is 322 g/mol. The van der Waals surface area contributed by atoms with E-state index in [0.717, 1.165) is 11.1 Å². The molecule has 0 bridgehead atoms. The summed E-state index contributed by atoms with van der Waals surface area (Å²) < 4.78 is 0.